The van der Waals surface area contributed by atoms with Gasteiger partial charge in [-0.15, -0.1) is 0 Å². The van der Waals surface area contributed by atoms with Crippen LogP contribution in [0, 0.1) is 0 Å². The minimum absolute atomic E-state index is 0.187. The molecular weight excluding hydrogens is 344 g/mol. The van der Waals surface area contributed by atoms with Crippen LogP contribution in [0.2, 0.25) is 0 Å². The van der Waals surface area contributed by atoms with E-state index in [9.17, 15) is 9.59 Å². The van der Waals surface area contributed by atoms with Gasteiger partial charge in [0.2, 0.25) is 5.91 Å². The summed E-state index contributed by atoms with van der Waals surface area (Å²) in [5.41, 5.74) is -0.448. The Hall–Kier alpha value is -1.34. The van der Waals surface area contributed by atoms with Gasteiger partial charge in [0.15, 0.2) is 0 Å². The molecule has 154 valence electrons. The Morgan fingerprint density at radius 3 is 2.11 bits per heavy atom. The second-order valence-electron chi connectivity index (χ2n) is 9.29. The van der Waals surface area contributed by atoms with E-state index in [4.69, 9.17) is 4.74 Å². The Bertz CT molecular complexity index is 526. The van der Waals surface area contributed by atoms with Crippen LogP contribution in [0.5, 0.6) is 0 Å². The molecule has 3 fully saturated rings. The van der Waals surface area contributed by atoms with Gasteiger partial charge < -0.3 is 15.0 Å². The van der Waals surface area contributed by atoms with Crippen LogP contribution >= 0.6 is 0 Å². The predicted octanol–water partition coefficient (Wildman–Crippen LogP) is 1.67. The van der Waals surface area contributed by atoms with Gasteiger partial charge in [-0.25, -0.2) is 4.79 Å². The van der Waals surface area contributed by atoms with Crippen molar-refractivity contribution in [2.45, 2.75) is 77.1 Å². The zero-order valence-electron chi connectivity index (χ0n) is 17.4. The first-order valence-electron chi connectivity index (χ1n) is 10.4. The largest absolute Gasteiger partial charge is 0.444 e. The molecule has 3 aliphatic heterocycles. The first-order chi connectivity index (χ1) is 12.7. The molecule has 2 bridgehead atoms. The summed E-state index contributed by atoms with van der Waals surface area (Å²) in [5.74, 6) is 0.187. The zero-order valence-corrected chi connectivity index (χ0v) is 17.4. The van der Waals surface area contributed by atoms with Gasteiger partial charge in [-0.3, -0.25) is 14.6 Å². The third kappa shape index (κ3) is 5.57. The number of alkyl carbamates (subject to hydrolysis) is 1. The number of carbonyl (C=O) groups is 2. The number of nitrogens with one attached hydrogen (secondary N) is 1. The molecule has 0 saturated carbocycles. The highest BCUT2D eigenvalue weighted by Crippen LogP contribution is 2.35. The number of piperazine rings is 1. The third-order valence-electron chi connectivity index (χ3n) is 6.10. The number of carbonyl (C=O) groups excluding carboxylic acids is 2. The van der Waals surface area contributed by atoms with Crippen LogP contribution in [0.25, 0.3) is 0 Å². The van der Waals surface area contributed by atoms with Crippen LogP contribution < -0.4 is 5.32 Å². The normalized spacial score (nSPS) is 29.6. The fourth-order valence-electron chi connectivity index (χ4n) is 4.77. The van der Waals surface area contributed by atoms with E-state index in [1.807, 2.05) is 25.7 Å². The van der Waals surface area contributed by atoms with E-state index in [-0.39, 0.29) is 18.0 Å². The number of nitrogens with zero attached hydrogens (tertiary/aromatic N) is 3. The standard InChI is InChI=1S/C20H36N4O3/c1-15(25)23-10-7-22(8-11-23)9-12-24-17-5-6-18(24)14-16(13-17)21-19(26)27-20(2,3)4/h16-18H,5-14H2,1-4H3,(H,21,26). The molecule has 2 unspecified atom stereocenters. The number of ether oxygens (including phenoxy) is 1. The van der Waals surface area contributed by atoms with E-state index in [0.29, 0.717) is 12.1 Å². The highest BCUT2D eigenvalue weighted by Gasteiger charge is 2.41. The highest BCUT2D eigenvalue weighted by molar-refractivity contribution is 5.73. The van der Waals surface area contributed by atoms with Gasteiger partial charge in [0, 0.05) is 64.3 Å². The molecule has 0 aromatic rings. The van der Waals surface area contributed by atoms with Crippen molar-refractivity contribution in [2.75, 3.05) is 39.3 Å². The molecule has 7 nitrogen and oxygen atoms in total. The molecule has 7 heteroatoms. The summed E-state index contributed by atoms with van der Waals surface area (Å²) in [7, 11) is 0. The molecule has 3 rings (SSSR count). The van der Waals surface area contributed by atoms with E-state index in [1.54, 1.807) is 6.92 Å². The Balaban J connectivity index is 1.42. The van der Waals surface area contributed by atoms with E-state index >= 15 is 0 Å². The molecule has 27 heavy (non-hydrogen) atoms. The van der Waals surface area contributed by atoms with E-state index in [0.717, 1.165) is 52.1 Å². The lowest BCUT2D eigenvalue weighted by Gasteiger charge is -2.41. The topological polar surface area (TPSA) is 65.1 Å². The monoisotopic (exact) mass is 380 g/mol. The van der Waals surface area contributed by atoms with Gasteiger partial charge in [0.1, 0.15) is 5.60 Å². The molecule has 3 saturated heterocycles. The van der Waals surface area contributed by atoms with Gasteiger partial charge in [-0.05, 0) is 46.5 Å². The fraction of sp³-hybridized carbons (Fsp3) is 0.900. The Morgan fingerprint density at radius 1 is 1.00 bits per heavy atom. The SMILES string of the molecule is CC(=O)N1CCN(CCN2C3CCC2CC(NC(=O)OC(C)(C)C)C3)CC1. The first-order valence-corrected chi connectivity index (χ1v) is 10.4. The maximum Gasteiger partial charge on any atom is 0.407 e. The molecular formula is C20H36N4O3. The van der Waals surface area contributed by atoms with Gasteiger partial charge in [-0.2, -0.15) is 0 Å². The van der Waals surface area contributed by atoms with Crippen LogP contribution in [0.4, 0.5) is 4.79 Å². The number of rotatable bonds is 4. The molecule has 2 atom stereocenters. The summed E-state index contributed by atoms with van der Waals surface area (Å²) in [6.45, 7) is 13.2. The van der Waals surface area contributed by atoms with Gasteiger partial charge in [-0.1, -0.05) is 0 Å². The minimum atomic E-state index is -0.448. The molecule has 3 heterocycles. The van der Waals surface area contributed by atoms with Crippen molar-refractivity contribution in [3.05, 3.63) is 0 Å². The summed E-state index contributed by atoms with van der Waals surface area (Å²) < 4.78 is 5.41. The minimum Gasteiger partial charge on any atom is -0.444 e. The van der Waals surface area contributed by atoms with Crippen molar-refractivity contribution in [1.82, 2.24) is 20.0 Å². The summed E-state index contributed by atoms with van der Waals surface area (Å²) in [6.07, 6.45) is 4.22. The third-order valence-corrected chi connectivity index (χ3v) is 6.10. The molecule has 0 aromatic carbocycles. The smallest absolute Gasteiger partial charge is 0.407 e. The number of piperidine rings is 1. The van der Waals surface area contributed by atoms with Crippen molar-refractivity contribution < 1.29 is 14.3 Å². The van der Waals surface area contributed by atoms with Crippen LogP contribution in [0.3, 0.4) is 0 Å². The molecule has 0 aliphatic carbocycles. The van der Waals surface area contributed by atoms with Gasteiger partial charge in [0.25, 0.3) is 0 Å². The Labute approximate surface area is 163 Å². The van der Waals surface area contributed by atoms with Crippen molar-refractivity contribution in [2.24, 2.45) is 0 Å². The van der Waals surface area contributed by atoms with Crippen molar-refractivity contribution in [3.63, 3.8) is 0 Å². The van der Waals surface area contributed by atoms with Gasteiger partial charge >= 0.3 is 6.09 Å². The Kier molecular flexibility index (Phi) is 6.31. The lowest BCUT2D eigenvalue weighted by Crippen LogP contribution is -2.54. The molecule has 3 aliphatic rings. The van der Waals surface area contributed by atoms with E-state index < -0.39 is 5.60 Å². The van der Waals surface area contributed by atoms with Crippen LogP contribution in [0.1, 0.15) is 53.4 Å². The quantitative estimate of drug-likeness (QED) is 0.804. The van der Waals surface area contributed by atoms with Crippen molar-refractivity contribution in [1.29, 1.82) is 0 Å². The summed E-state index contributed by atoms with van der Waals surface area (Å²) in [6, 6.07) is 1.37. The van der Waals surface area contributed by atoms with Gasteiger partial charge in [0.05, 0.1) is 0 Å². The van der Waals surface area contributed by atoms with Crippen molar-refractivity contribution in [3.8, 4) is 0 Å². The fourth-order valence-corrected chi connectivity index (χ4v) is 4.77. The molecule has 0 spiro atoms. The number of hydrogen-bond donors (Lipinski definition) is 1. The van der Waals surface area contributed by atoms with Crippen molar-refractivity contribution >= 4 is 12.0 Å². The maximum atomic E-state index is 12.1. The van der Waals surface area contributed by atoms with E-state index in [1.165, 1.54) is 12.8 Å². The average molecular weight is 381 g/mol. The molecule has 0 aromatic heterocycles. The lowest BCUT2D eigenvalue weighted by molar-refractivity contribution is -0.130. The molecule has 2 amide bonds. The highest BCUT2D eigenvalue weighted by atomic mass is 16.6. The van der Waals surface area contributed by atoms with Crippen LogP contribution in [-0.2, 0) is 9.53 Å². The molecule has 1 N–H and O–H groups in total. The first kappa shape index (κ1) is 20.4. The van der Waals surface area contributed by atoms with Crippen LogP contribution in [-0.4, -0.2) is 89.7 Å². The zero-order chi connectivity index (χ0) is 19.6. The number of fused-ring (bicyclic) bond motifs is 2. The summed E-state index contributed by atoms with van der Waals surface area (Å²) in [4.78, 5) is 30.6. The van der Waals surface area contributed by atoms with Crippen LogP contribution in [0.15, 0.2) is 0 Å². The predicted molar refractivity (Wildman–Crippen MR) is 105 cm³/mol. The summed E-state index contributed by atoms with van der Waals surface area (Å²) >= 11 is 0. The maximum absolute atomic E-state index is 12.1. The lowest BCUT2D eigenvalue weighted by atomic mass is 9.97. The molecule has 0 radical (unpaired) electrons. The van der Waals surface area contributed by atoms with E-state index in [2.05, 4.69) is 15.1 Å². The number of amides is 2. The Morgan fingerprint density at radius 2 is 1.59 bits per heavy atom. The average Bonchev–Trinajstić information content (AvgIpc) is 2.80. The second kappa shape index (κ2) is 8.35. The second-order valence-corrected chi connectivity index (χ2v) is 9.29. The number of hydrogen-bond acceptors (Lipinski definition) is 5. The summed E-state index contributed by atoms with van der Waals surface area (Å²) in [5, 5.41) is 3.08.